The number of rotatable bonds is 3. The molecule has 0 aromatic carbocycles. The lowest BCUT2D eigenvalue weighted by molar-refractivity contribution is 0.947. The minimum Gasteiger partial charge on any atom is -0.370 e. The van der Waals surface area contributed by atoms with Gasteiger partial charge >= 0.3 is 0 Å². The molecule has 7 heteroatoms. The van der Waals surface area contributed by atoms with Crippen molar-refractivity contribution in [2.24, 2.45) is 16.5 Å². The second kappa shape index (κ2) is 6.55. The summed E-state index contributed by atoms with van der Waals surface area (Å²) in [5.41, 5.74) is 10.3. The summed E-state index contributed by atoms with van der Waals surface area (Å²) in [6, 6.07) is 0. The molecule has 0 bridgehead atoms. The Morgan fingerprint density at radius 1 is 1.62 bits per heavy atom. The molecule has 4 nitrogen and oxygen atoms in total. The van der Waals surface area contributed by atoms with Gasteiger partial charge in [0.15, 0.2) is 5.96 Å². The first-order valence-electron chi connectivity index (χ1n) is 3.34. The van der Waals surface area contributed by atoms with Gasteiger partial charge in [0.2, 0.25) is 0 Å². The van der Waals surface area contributed by atoms with Crippen LogP contribution in [0, 0.1) is 0 Å². The van der Waals surface area contributed by atoms with Crippen molar-refractivity contribution >= 4 is 57.2 Å². The second-order valence-electron chi connectivity index (χ2n) is 2.11. The van der Waals surface area contributed by atoms with Gasteiger partial charge in [0.05, 0.1) is 15.0 Å². The summed E-state index contributed by atoms with van der Waals surface area (Å²) in [7, 11) is 0. The molecule has 0 aliphatic heterocycles. The largest absolute Gasteiger partial charge is 0.370 e. The minimum absolute atomic E-state index is 0. The quantitative estimate of drug-likeness (QED) is 0.474. The lowest BCUT2D eigenvalue weighted by Gasteiger charge is -1.91. The van der Waals surface area contributed by atoms with E-state index in [-0.39, 0.29) is 29.9 Å². The molecule has 0 aliphatic carbocycles. The van der Waals surface area contributed by atoms with Gasteiger partial charge in [-0.25, -0.2) is 4.98 Å². The van der Waals surface area contributed by atoms with Crippen LogP contribution in [0.1, 0.15) is 5.01 Å². The van der Waals surface area contributed by atoms with E-state index in [9.17, 15) is 0 Å². The Bertz CT molecular complexity index is 284. The van der Waals surface area contributed by atoms with Crippen LogP contribution in [0.2, 0.25) is 0 Å². The zero-order valence-electron chi connectivity index (χ0n) is 6.74. The van der Waals surface area contributed by atoms with Crippen LogP contribution in [-0.2, 0) is 6.42 Å². The Morgan fingerprint density at radius 3 is 2.77 bits per heavy atom. The molecule has 0 aliphatic rings. The molecule has 0 saturated carbocycles. The van der Waals surface area contributed by atoms with Crippen LogP contribution >= 0.6 is 51.2 Å². The summed E-state index contributed by atoms with van der Waals surface area (Å²) in [6.07, 6.45) is 2.56. The van der Waals surface area contributed by atoms with E-state index in [1.54, 1.807) is 17.5 Å². The fourth-order valence-electron chi connectivity index (χ4n) is 0.684. The van der Waals surface area contributed by atoms with Crippen molar-refractivity contribution in [1.82, 2.24) is 4.98 Å². The van der Waals surface area contributed by atoms with E-state index >= 15 is 0 Å². The molecular formula is C6H10BrIN4S. The van der Waals surface area contributed by atoms with E-state index in [1.807, 2.05) is 0 Å². The predicted molar refractivity (Wildman–Crippen MR) is 69.6 cm³/mol. The van der Waals surface area contributed by atoms with Gasteiger partial charge in [-0.05, 0) is 15.9 Å². The number of nitrogens with zero attached hydrogens (tertiary/aromatic N) is 2. The molecule has 0 saturated heterocycles. The maximum Gasteiger partial charge on any atom is 0.185 e. The molecule has 0 atom stereocenters. The highest BCUT2D eigenvalue weighted by molar-refractivity contribution is 14.0. The monoisotopic (exact) mass is 376 g/mol. The third-order valence-corrected chi connectivity index (χ3v) is 2.68. The van der Waals surface area contributed by atoms with E-state index in [2.05, 4.69) is 25.9 Å². The molecule has 0 unspecified atom stereocenters. The summed E-state index contributed by atoms with van der Waals surface area (Å²) in [5.74, 6) is 0.130. The molecule has 0 radical (unpaired) electrons. The Labute approximate surface area is 106 Å². The van der Waals surface area contributed by atoms with E-state index in [1.165, 1.54) is 0 Å². The Balaban J connectivity index is 0.00000144. The molecule has 0 amide bonds. The minimum atomic E-state index is 0. The molecule has 74 valence electrons. The van der Waals surface area contributed by atoms with Gasteiger partial charge in [-0.1, -0.05) is 0 Å². The highest BCUT2D eigenvalue weighted by Gasteiger charge is 1.97. The number of guanidine groups is 1. The van der Waals surface area contributed by atoms with E-state index in [0.29, 0.717) is 6.54 Å². The standard InChI is InChI=1S/C6H9BrN4S.HI/c7-4-3-11-5(12-4)1-2-10-6(8)9;/h3H,1-2H2,(H4,8,9,10);1H. The molecule has 0 spiro atoms. The topological polar surface area (TPSA) is 77.3 Å². The fourth-order valence-corrected chi connectivity index (χ4v) is 1.98. The molecule has 1 heterocycles. The normalized spacial score (nSPS) is 9.00. The van der Waals surface area contributed by atoms with Crippen molar-refractivity contribution < 1.29 is 0 Å². The molecule has 0 fully saturated rings. The summed E-state index contributed by atoms with van der Waals surface area (Å²) in [5, 5.41) is 1.03. The average molecular weight is 377 g/mol. The van der Waals surface area contributed by atoms with Gasteiger partial charge < -0.3 is 11.5 Å². The van der Waals surface area contributed by atoms with Crippen molar-refractivity contribution in [2.75, 3.05) is 6.54 Å². The SMILES string of the molecule is I.NC(N)=NCCc1ncc(Br)s1. The summed E-state index contributed by atoms with van der Waals surface area (Å²) < 4.78 is 1.03. The third-order valence-electron chi connectivity index (χ3n) is 1.15. The van der Waals surface area contributed by atoms with Crippen molar-refractivity contribution in [1.29, 1.82) is 0 Å². The van der Waals surface area contributed by atoms with Gasteiger partial charge in [-0.15, -0.1) is 35.3 Å². The first-order valence-corrected chi connectivity index (χ1v) is 4.95. The van der Waals surface area contributed by atoms with Crippen LogP contribution in [0.3, 0.4) is 0 Å². The number of thiazole rings is 1. The highest BCUT2D eigenvalue weighted by Crippen LogP contribution is 2.19. The molecule has 1 aromatic rings. The first-order chi connectivity index (χ1) is 5.68. The Kier molecular flexibility index (Phi) is 6.60. The maximum atomic E-state index is 5.16. The summed E-state index contributed by atoms with van der Waals surface area (Å²) >= 11 is 4.92. The van der Waals surface area contributed by atoms with Gasteiger partial charge in [0.25, 0.3) is 0 Å². The van der Waals surface area contributed by atoms with Crippen LogP contribution in [0.25, 0.3) is 0 Å². The lowest BCUT2D eigenvalue weighted by Crippen LogP contribution is -2.23. The zero-order valence-corrected chi connectivity index (χ0v) is 11.5. The van der Waals surface area contributed by atoms with Gasteiger partial charge in [0.1, 0.15) is 0 Å². The molecule has 4 N–H and O–H groups in total. The molecular weight excluding hydrogens is 367 g/mol. The number of halogens is 2. The Hall–Kier alpha value is 0.110. The van der Waals surface area contributed by atoms with Crippen LogP contribution in [0.5, 0.6) is 0 Å². The fraction of sp³-hybridized carbons (Fsp3) is 0.333. The number of aromatic nitrogens is 1. The van der Waals surface area contributed by atoms with Crippen LogP contribution < -0.4 is 11.5 Å². The van der Waals surface area contributed by atoms with Gasteiger partial charge in [0, 0.05) is 13.0 Å². The maximum absolute atomic E-state index is 5.16. The van der Waals surface area contributed by atoms with Crippen molar-refractivity contribution in [3.63, 3.8) is 0 Å². The molecule has 1 rings (SSSR count). The smallest absolute Gasteiger partial charge is 0.185 e. The lowest BCUT2D eigenvalue weighted by atomic mass is 10.4. The Morgan fingerprint density at radius 2 is 2.31 bits per heavy atom. The van der Waals surface area contributed by atoms with Crippen molar-refractivity contribution in [3.8, 4) is 0 Å². The first kappa shape index (κ1) is 13.1. The number of hydrogen-bond donors (Lipinski definition) is 2. The highest BCUT2D eigenvalue weighted by atomic mass is 127. The predicted octanol–water partition coefficient (Wildman–Crippen LogP) is 1.34. The van der Waals surface area contributed by atoms with E-state index in [0.717, 1.165) is 15.2 Å². The van der Waals surface area contributed by atoms with Crippen LogP contribution in [0.15, 0.2) is 15.0 Å². The number of nitrogens with two attached hydrogens (primary N) is 2. The number of hydrogen-bond acceptors (Lipinski definition) is 3. The van der Waals surface area contributed by atoms with E-state index in [4.69, 9.17) is 11.5 Å². The van der Waals surface area contributed by atoms with Crippen molar-refractivity contribution in [2.45, 2.75) is 6.42 Å². The zero-order chi connectivity index (χ0) is 8.97. The van der Waals surface area contributed by atoms with Crippen molar-refractivity contribution in [3.05, 3.63) is 15.0 Å². The summed E-state index contributed by atoms with van der Waals surface area (Å²) in [4.78, 5) is 7.99. The molecule has 1 aromatic heterocycles. The van der Waals surface area contributed by atoms with Gasteiger partial charge in [-0.3, -0.25) is 4.99 Å². The van der Waals surface area contributed by atoms with Crippen LogP contribution in [-0.4, -0.2) is 17.5 Å². The third kappa shape index (κ3) is 5.42. The molecule has 13 heavy (non-hydrogen) atoms. The van der Waals surface area contributed by atoms with Crippen LogP contribution in [0.4, 0.5) is 0 Å². The second-order valence-corrected chi connectivity index (χ2v) is 4.61. The number of aliphatic imine (C=N–C) groups is 1. The van der Waals surface area contributed by atoms with E-state index < -0.39 is 0 Å². The average Bonchev–Trinajstić information content (AvgIpc) is 2.35. The summed E-state index contributed by atoms with van der Waals surface area (Å²) in [6.45, 7) is 0.599. The van der Waals surface area contributed by atoms with Gasteiger partial charge in [-0.2, -0.15) is 0 Å².